The van der Waals surface area contributed by atoms with Gasteiger partial charge in [0.15, 0.2) is 5.78 Å². The van der Waals surface area contributed by atoms with Gasteiger partial charge in [0, 0.05) is 5.56 Å². The highest BCUT2D eigenvalue weighted by Crippen LogP contribution is 2.37. The van der Waals surface area contributed by atoms with Crippen LogP contribution in [0.4, 0.5) is 4.39 Å². The molecule has 1 atom stereocenters. The van der Waals surface area contributed by atoms with Crippen molar-refractivity contribution in [2.45, 2.75) is 18.5 Å². The molecule has 0 aliphatic rings. The third-order valence-corrected chi connectivity index (χ3v) is 5.58. The van der Waals surface area contributed by atoms with Crippen molar-refractivity contribution in [3.05, 3.63) is 143 Å². The fraction of sp³-hybridized carbons (Fsp3) is 0.107. The number of rotatable bonds is 7. The maximum atomic E-state index is 13.4. The number of Topliss-reactive ketones (excluding diaryl/α,β-unsaturated/α-hetero) is 1. The molecule has 0 bridgehead atoms. The Morgan fingerprint density at radius 3 is 1.45 bits per heavy atom. The molecule has 0 heterocycles. The first-order valence-electron chi connectivity index (χ1n) is 10.4. The van der Waals surface area contributed by atoms with Crippen LogP contribution >= 0.6 is 0 Å². The smallest absolute Gasteiger partial charge is 0.179 e. The van der Waals surface area contributed by atoms with Gasteiger partial charge >= 0.3 is 0 Å². The summed E-state index contributed by atoms with van der Waals surface area (Å²) < 4.78 is 13.4. The average Bonchev–Trinajstić information content (AvgIpc) is 2.84. The van der Waals surface area contributed by atoms with E-state index in [4.69, 9.17) is 0 Å². The van der Waals surface area contributed by atoms with Gasteiger partial charge in [-0.3, -0.25) is 10.1 Å². The van der Waals surface area contributed by atoms with Crippen LogP contribution in [0, 0.1) is 5.82 Å². The normalized spacial score (nSPS) is 12.3. The molecule has 1 unspecified atom stereocenters. The first kappa shape index (κ1) is 20.7. The molecule has 4 rings (SSSR count). The molecule has 31 heavy (non-hydrogen) atoms. The average molecular weight is 410 g/mol. The van der Waals surface area contributed by atoms with Crippen molar-refractivity contribution in [2.24, 2.45) is 0 Å². The summed E-state index contributed by atoms with van der Waals surface area (Å²) in [6.45, 7) is 1.86. The second-order valence-corrected chi connectivity index (χ2v) is 7.59. The molecule has 0 aliphatic heterocycles. The molecule has 0 spiro atoms. The zero-order valence-electron chi connectivity index (χ0n) is 17.3. The Balaban J connectivity index is 1.86. The van der Waals surface area contributed by atoms with E-state index in [1.807, 2.05) is 61.5 Å². The monoisotopic (exact) mass is 409 g/mol. The molecule has 0 saturated heterocycles. The molecule has 0 radical (unpaired) electrons. The van der Waals surface area contributed by atoms with E-state index in [1.54, 1.807) is 0 Å². The summed E-state index contributed by atoms with van der Waals surface area (Å²) in [5.74, 6) is -0.448. The van der Waals surface area contributed by atoms with Crippen LogP contribution in [0.3, 0.4) is 0 Å². The highest BCUT2D eigenvalue weighted by molar-refractivity contribution is 6.00. The maximum absolute atomic E-state index is 13.4. The number of halogens is 1. The van der Waals surface area contributed by atoms with Crippen molar-refractivity contribution in [3.63, 3.8) is 0 Å². The van der Waals surface area contributed by atoms with Crippen molar-refractivity contribution >= 4 is 5.78 Å². The van der Waals surface area contributed by atoms with Crippen molar-refractivity contribution < 1.29 is 9.18 Å². The molecule has 3 heteroatoms. The van der Waals surface area contributed by atoms with Gasteiger partial charge in [0.25, 0.3) is 0 Å². The lowest BCUT2D eigenvalue weighted by atomic mass is 9.76. The molecular formula is C28H24FNO. The lowest BCUT2D eigenvalue weighted by molar-refractivity contribution is 0.0939. The highest BCUT2D eigenvalue weighted by Gasteiger charge is 2.38. The minimum atomic E-state index is -0.737. The van der Waals surface area contributed by atoms with Crippen molar-refractivity contribution in [1.82, 2.24) is 5.32 Å². The first-order chi connectivity index (χ1) is 15.1. The van der Waals surface area contributed by atoms with Crippen LogP contribution in [0.15, 0.2) is 115 Å². The van der Waals surface area contributed by atoms with Crippen molar-refractivity contribution in [1.29, 1.82) is 0 Å². The van der Waals surface area contributed by atoms with Gasteiger partial charge < -0.3 is 0 Å². The SMILES string of the molecule is CC(NC(c1ccccc1)(c1ccccc1)c1ccccc1)C(=O)c1ccc(F)cc1. The van der Waals surface area contributed by atoms with Gasteiger partial charge in [0.2, 0.25) is 0 Å². The van der Waals surface area contributed by atoms with Gasteiger partial charge in [-0.05, 0) is 47.9 Å². The Labute approximate surface area is 182 Å². The van der Waals surface area contributed by atoms with Crippen LogP contribution in [0.5, 0.6) is 0 Å². The zero-order chi connectivity index (χ0) is 21.7. The Morgan fingerprint density at radius 2 is 1.06 bits per heavy atom. The standard InChI is InChI=1S/C28H24FNO/c1-21(27(31)22-17-19-26(29)20-18-22)30-28(23-11-5-2-6-12-23,24-13-7-3-8-14-24)25-15-9-4-10-16-25/h2-21,30H,1H3. The second-order valence-electron chi connectivity index (χ2n) is 7.59. The van der Waals surface area contributed by atoms with Crippen molar-refractivity contribution in [3.8, 4) is 0 Å². The second kappa shape index (κ2) is 9.07. The van der Waals surface area contributed by atoms with E-state index >= 15 is 0 Å². The highest BCUT2D eigenvalue weighted by atomic mass is 19.1. The Kier molecular flexibility index (Phi) is 6.06. The third-order valence-electron chi connectivity index (χ3n) is 5.58. The third kappa shape index (κ3) is 4.18. The predicted molar refractivity (Wildman–Crippen MR) is 123 cm³/mol. The van der Waals surface area contributed by atoms with Crippen LogP contribution in [-0.2, 0) is 5.54 Å². The molecule has 0 saturated carbocycles. The molecule has 0 aliphatic carbocycles. The van der Waals surface area contributed by atoms with Gasteiger partial charge in [-0.2, -0.15) is 0 Å². The molecule has 4 aromatic rings. The van der Waals surface area contributed by atoms with Gasteiger partial charge in [0.1, 0.15) is 5.82 Å². The van der Waals surface area contributed by atoms with Gasteiger partial charge in [0.05, 0.1) is 11.6 Å². The van der Waals surface area contributed by atoms with E-state index in [-0.39, 0.29) is 11.6 Å². The van der Waals surface area contributed by atoms with E-state index in [1.165, 1.54) is 24.3 Å². The number of carbonyl (C=O) groups excluding carboxylic acids is 1. The summed E-state index contributed by atoms with van der Waals surface area (Å²) in [5.41, 5.74) is 2.84. The number of hydrogen-bond acceptors (Lipinski definition) is 2. The number of carbonyl (C=O) groups is 1. The lowest BCUT2D eigenvalue weighted by Gasteiger charge is -2.39. The summed E-state index contributed by atoms with van der Waals surface area (Å²) in [5, 5.41) is 3.65. The summed E-state index contributed by atoms with van der Waals surface area (Å²) in [6, 6.07) is 35.6. The topological polar surface area (TPSA) is 29.1 Å². The lowest BCUT2D eigenvalue weighted by Crippen LogP contribution is -2.51. The summed E-state index contributed by atoms with van der Waals surface area (Å²) >= 11 is 0. The van der Waals surface area contributed by atoms with Crippen LogP contribution in [0.1, 0.15) is 34.0 Å². The number of nitrogens with one attached hydrogen (secondary N) is 1. The van der Waals surface area contributed by atoms with Crippen LogP contribution in [0.2, 0.25) is 0 Å². The number of ketones is 1. The van der Waals surface area contributed by atoms with Crippen molar-refractivity contribution in [2.75, 3.05) is 0 Å². The molecule has 4 aromatic carbocycles. The van der Waals surface area contributed by atoms with Crippen LogP contribution < -0.4 is 5.32 Å². The van der Waals surface area contributed by atoms with E-state index in [0.717, 1.165) is 16.7 Å². The molecule has 154 valence electrons. The fourth-order valence-electron chi connectivity index (χ4n) is 4.07. The van der Waals surface area contributed by atoms with E-state index < -0.39 is 11.6 Å². The molecule has 0 amide bonds. The van der Waals surface area contributed by atoms with E-state index in [0.29, 0.717) is 5.56 Å². The van der Waals surface area contributed by atoms with Crippen LogP contribution in [-0.4, -0.2) is 11.8 Å². The van der Waals surface area contributed by atoms with E-state index in [2.05, 4.69) is 41.7 Å². The Bertz CT molecular complexity index is 1030. The largest absolute Gasteiger partial charge is 0.292 e. The maximum Gasteiger partial charge on any atom is 0.179 e. The molecule has 0 fully saturated rings. The zero-order valence-corrected chi connectivity index (χ0v) is 17.3. The fourth-order valence-corrected chi connectivity index (χ4v) is 4.07. The quantitative estimate of drug-likeness (QED) is 0.301. The minimum absolute atomic E-state index is 0.0906. The summed E-state index contributed by atoms with van der Waals surface area (Å²) in [7, 11) is 0. The Morgan fingerprint density at radius 1 is 0.677 bits per heavy atom. The van der Waals surface area contributed by atoms with Gasteiger partial charge in [-0.1, -0.05) is 91.0 Å². The van der Waals surface area contributed by atoms with E-state index in [9.17, 15) is 9.18 Å². The Hall–Kier alpha value is -3.56. The first-order valence-corrected chi connectivity index (χ1v) is 10.4. The molecular weight excluding hydrogens is 385 g/mol. The molecule has 1 N–H and O–H groups in total. The summed E-state index contributed by atoms with van der Waals surface area (Å²) in [6.07, 6.45) is 0. The van der Waals surface area contributed by atoms with Gasteiger partial charge in [-0.25, -0.2) is 4.39 Å². The van der Waals surface area contributed by atoms with Gasteiger partial charge in [-0.15, -0.1) is 0 Å². The molecule has 2 nitrogen and oxygen atoms in total. The predicted octanol–water partition coefficient (Wildman–Crippen LogP) is 5.98. The summed E-state index contributed by atoms with van der Waals surface area (Å²) in [4.78, 5) is 13.2. The number of hydrogen-bond donors (Lipinski definition) is 1. The minimum Gasteiger partial charge on any atom is -0.292 e. The molecule has 0 aromatic heterocycles. The number of benzene rings is 4. The van der Waals surface area contributed by atoms with Crippen LogP contribution in [0.25, 0.3) is 0 Å².